The van der Waals surface area contributed by atoms with Crippen molar-refractivity contribution in [1.82, 2.24) is 0 Å². The minimum absolute atomic E-state index is 0.00721. The first-order valence-corrected chi connectivity index (χ1v) is 13.4. The Morgan fingerprint density at radius 3 is 2.14 bits per heavy atom. The molecule has 0 bridgehead atoms. The summed E-state index contributed by atoms with van der Waals surface area (Å²) in [7, 11) is 4.41. The number of carboxylic acid groups (broad SMARTS) is 2. The van der Waals surface area contributed by atoms with Crippen molar-refractivity contribution in [3.8, 4) is 34.5 Å². The number of carboxylic acids is 2. The lowest BCUT2D eigenvalue weighted by atomic mass is 9.89. The second-order valence-electron chi connectivity index (χ2n) is 9.49. The monoisotopic (exact) mass is 592 g/mol. The molecule has 4 rings (SSSR count). The zero-order valence-corrected chi connectivity index (χ0v) is 24.0. The Morgan fingerprint density at radius 2 is 1.49 bits per heavy atom. The van der Waals surface area contributed by atoms with E-state index in [1.54, 1.807) is 48.5 Å². The number of aliphatic carboxylic acids is 2. The van der Waals surface area contributed by atoms with Crippen LogP contribution in [0, 0.1) is 0 Å². The molecule has 11 heteroatoms. The number of rotatable bonds is 15. The van der Waals surface area contributed by atoms with Crippen molar-refractivity contribution >= 4 is 23.3 Å². The van der Waals surface area contributed by atoms with Gasteiger partial charge < -0.3 is 38.6 Å². The van der Waals surface area contributed by atoms with E-state index in [4.69, 9.17) is 33.5 Å². The molecule has 3 aromatic carbocycles. The van der Waals surface area contributed by atoms with Gasteiger partial charge in [-0.15, -0.1) is 0 Å². The molecule has 3 aromatic rings. The maximum atomic E-state index is 14.0. The van der Waals surface area contributed by atoms with E-state index in [1.165, 1.54) is 27.4 Å². The lowest BCUT2D eigenvalue weighted by Gasteiger charge is -2.18. The fraction of sp³-hybridized carbons (Fsp3) is 0.281. The molecule has 43 heavy (non-hydrogen) atoms. The maximum Gasteiger partial charge on any atom is 0.336 e. The highest BCUT2D eigenvalue weighted by Crippen LogP contribution is 2.41. The van der Waals surface area contributed by atoms with Crippen molar-refractivity contribution in [3.63, 3.8) is 0 Å². The van der Waals surface area contributed by atoms with E-state index in [0.29, 0.717) is 52.9 Å². The third-order valence-corrected chi connectivity index (χ3v) is 6.73. The van der Waals surface area contributed by atoms with E-state index in [2.05, 4.69) is 0 Å². The molecule has 0 radical (unpaired) electrons. The summed E-state index contributed by atoms with van der Waals surface area (Å²) >= 11 is 0. The Morgan fingerprint density at radius 1 is 0.791 bits per heavy atom. The molecule has 0 saturated carbocycles. The number of methoxy groups -OCH3 is 3. The molecule has 11 nitrogen and oxygen atoms in total. The molecule has 0 atom stereocenters. The van der Waals surface area contributed by atoms with Gasteiger partial charge in [-0.05, 0) is 72.5 Å². The van der Waals surface area contributed by atoms with E-state index in [9.17, 15) is 19.5 Å². The van der Waals surface area contributed by atoms with E-state index >= 15 is 0 Å². The number of hydrogen-bond acceptors (Lipinski definition) is 9. The van der Waals surface area contributed by atoms with Crippen molar-refractivity contribution in [3.05, 3.63) is 76.9 Å². The fourth-order valence-corrected chi connectivity index (χ4v) is 4.64. The van der Waals surface area contributed by atoms with Crippen molar-refractivity contribution in [2.45, 2.75) is 25.7 Å². The number of fused-ring (bicyclic) bond motifs is 1. The zero-order chi connectivity index (χ0) is 30.9. The Kier molecular flexibility index (Phi) is 10.1. The molecular weight excluding hydrogens is 560 g/mol. The molecular formula is C32H32O11. The molecule has 0 amide bonds. The van der Waals surface area contributed by atoms with Gasteiger partial charge >= 0.3 is 11.9 Å². The first kappa shape index (κ1) is 30.8. The van der Waals surface area contributed by atoms with Crippen molar-refractivity contribution < 1.29 is 53.0 Å². The number of hydrogen-bond donors (Lipinski definition) is 2. The molecule has 1 heterocycles. The van der Waals surface area contributed by atoms with Gasteiger partial charge in [-0.25, -0.2) is 4.79 Å². The highest BCUT2D eigenvalue weighted by Gasteiger charge is 2.27. The third-order valence-electron chi connectivity index (χ3n) is 6.73. The average molecular weight is 593 g/mol. The number of carbonyl (C=O) groups is 3. The summed E-state index contributed by atoms with van der Waals surface area (Å²) in [5.41, 5.74) is 0.866. The Balaban J connectivity index is 1.80. The van der Waals surface area contributed by atoms with Gasteiger partial charge in [0.25, 0.3) is 0 Å². The Labute approximate surface area is 248 Å². The van der Waals surface area contributed by atoms with Crippen LogP contribution >= 0.6 is 0 Å². The standard InChI is InChI=1S/C32H32O11/c1-38-22-10-7-20(8-11-22)30(35)23(29(32(36)37)21-9-12-24-25(17-21)43-18-42-24)14-19-15-26(39-2)31(40-3)27(16-19)41-13-5-4-6-28(33)34/h7-12,15-17H,4-6,13-14,18H2,1-3H3,(H,33,34)(H,36,37). The lowest BCUT2D eigenvalue weighted by Crippen LogP contribution is -2.14. The van der Waals surface area contributed by atoms with Crippen LogP contribution in [0.3, 0.4) is 0 Å². The summed E-state index contributed by atoms with van der Waals surface area (Å²) in [6, 6.07) is 14.4. The van der Waals surface area contributed by atoms with Gasteiger partial charge in [0, 0.05) is 24.0 Å². The number of carbonyl (C=O) groups excluding carboxylic acids is 1. The molecule has 1 aliphatic heterocycles. The van der Waals surface area contributed by atoms with Crippen molar-refractivity contribution in [1.29, 1.82) is 0 Å². The summed E-state index contributed by atoms with van der Waals surface area (Å²) in [5.74, 6) is -0.362. The molecule has 0 saturated heterocycles. The highest BCUT2D eigenvalue weighted by atomic mass is 16.7. The molecule has 0 aromatic heterocycles. The van der Waals surface area contributed by atoms with E-state index in [0.717, 1.165) is 0 Å². The van der Waals surface area contributed by atoms with Gasteiger partial charge in [0.1, 0.15) is 5.75 Å². The van der Waals surface area contributed by atoms with Crippen molar-refractivity contribution in [2.24, 2.45) is 0 Å². The summed E-state index contributed by atoms with van der Waals surface area (Å²) in [5, 5.41) is 19.3. The van der Waals surface area contributed by atoms with Gasteiger partial charge in [0.2, 0.25) is 12.5 Å². The number of Topliss-reactive ketones (excluding diaryl/α,β-unsaturated/α-hetero) is 1. The summed E-state index contributed by atoms with van der Waals surface area (Å²) in [4.78, 5) is 37.6. The van der Waals surface area contributed by atoms with E-state index in [1.807, 2.05) is 0 Å². The van der Waals surface area contributed by atoms with Crippen LogP contribution in [0.4, 0.5) is 0 Å². The van der Waals surface area contributed by atoms with Gasteiger partial charge in [-0.3, -0.25) is 9.59 Å². The summed E-state index contributed by atoms with van der Waals surface area (Å²) in [6.45, 7) is 0.217. The summed E-state index contributed by atoms with van der Waals surface area (Å²) in [6.07, 6.45) is 0.825. The van der Waals surface area contributed by atoms with Gasteiger partial charge in [-0.2, -0.15) is 0 Å². The average Bonchev–Trinajstić information content (AvgIpc) is 3.48. The number of ether oxygens (including phenoxy) is 6. The van der Waals surface area contributed by atoms with Gasteiger partial charge in [0.05, 0.1) is 33.5 Å². The highest BCUT2D eigenvalue weighted by molar-refractivity contribution is 6.26. The number of unbranched alkanes of at least 4 members (excludes halogenated alkanes) is 1. The number of benzene rings is 3. The topological polar surface area (TPSA) is 147 Å². The van der Waals surface area contributed by atoms with Crippen LogP contribution in [0.1, 0.15) is 40.7 Å². The summed E-state index contributed by atoms with van der Waals surface area (Å²) < 4.78 is 33.0. The second-order valence-corrected chi connectivity index (χ2v) is 9.49. The minimum Gasteiger partial charge on any atom is -0.497 e. The van der Waals surface area contributed by atoms with Gasteiger partial charge in [-0.1, -0.05) is 6.07 Å². The predicted octanol–water partition coefficient (Wildman–Crippen LogP) is 5.04. The van der Waals surface area contributed by atoms with Crippen LogP contribution in [0.25, 0.3) is 5.57 Å². The number of allylic oxidation sites excluding steroid dienone is 1. The zero-order valence-electron chi connectivity index (χ0n) is 24.0. The maximum absolute atomic E-state index is 14.0. The quantitative estimate of drug-likeness (QED) is 0.139. The molecule has 0 unspecified atom stereocenters. The lowest BCUT2D eigenvalue weighted by molar-refractivity contribution is -0.137. The van der Waals surface area contributed by atoms with Crippen LogP contribution in [0.5, 0.6) is 34.5 Å². The fourth-order valence-electron chi connectivity index (χ4n) is 4.64. The largest absolute Gasteiger partial charge is 0.497 e. The van der Waals surface area contributed by atoms with Gasteiger partial charge in [0.15, 0.2) is 28.8 Å². The van der Waals surface area contributed by atoms with E-state index < -0.39 is 17.7 Å². The molecule has 1 aliphatic rings. The van der Waals surface area contributed by atoms with Crippen LogP contribution in [-0.4, -0.2) is 62.7 Å². The first-order chi connectivity index (χ1) is 20.7. The SMILES string of the molecule is COc1ccc(C(=O)C(Cc2cc(OC)c(OC)c(OCCCCC(=O)O)c2)=C(C(=O)O)c2ccc3c(c2)OCO3)cc1. The molecule has 0 aliphatic carbocycles. The molecule has 0 spiro atoms. The van der Waals surface area contributed by atoms with Crippen molar-refractivity contribution in [2.75, 3.05) is 34.7 Å². The third kappa shape index (κ3) is 7.37. The molecule has 2 N–H and O–H groups in total. The first-order valence-electron chi connectivity index (χ1n) is 13.4. The Hall–Kier alpha value is -5.19. The van der Waals surface area contributed by atoms with Crippen LogP contribution in [0.2, 0.25) is 0 Å². The predicted molar refractivity (Wildman–Crippen MR) is 155 cm³/mol. The molecule has 226 valence electrons. The normalized spacial score (nSPS) is 12.3. The minimum atomic E-state index is -1.30. The van der Waals surface area contributed by atoms with Crippen LogP contribution < -0.4 is 28.4 Å². The van der Waals surface area contributed by atoms with Crippen LogP contribution in [-0.2, 0) is 16.0 Å². The second kappa shape index (κ2) is 14.1. The van der Waals surface area contributed by atoms with Crippen LogP contribution in [0.15, 0.2) is 60.2 Å². The van der Waals surface area contributed by atoms with E-state index in [-0.39, 0.29) is 48.5 Å². The Bertz CT molecular complexity index is 1520. The molecule has 0 fully saturated rings. The smallest absolute Gasteiger partial charge is 0.336 e. The number of ketones is 1.